The smallest absolute Gasteiger partial charge is 0.251 e. The van der Waals surface area contributed by atoms with Crippen molar-refractivity contribution in [3.63, 3.8) is 0 Å². The molecule has 5 rings (SSSR count). The first-order chi connectivity index (χ1) is 14.2. The molecule has 3 heteroatoms. The second kappa shape index (κ2) is 7.49. The van der Waals surface area contributed by atoms with Gasteiger partial charge in [-0.25, -0.2) is 0 Å². The maximum absolute atomic E-state index is 12.5. The van der Waals surface area contributed by atoms with Gasteiger partial charge < -0.3 is 10.2 Å². The van der Waals surface area contributed by atoms with Crippen LogP contribution >= 0.6 is 0 Å². The van der Waals surface area contributed by atoms with Crippen molar-refractivity contribution < 1.29 is 4.79 Å². The Bertz CT molecular complexity index is 1080. The van der Waals surface area contributed by atoms with E-state index < -0.39 is 0 Å². The number of nitrogens with zero attached hydrogens (tertiary/aromatic N) is 1. The fourth-order valence-electron chi connectivity index (χ4n) is 4.81. The fourth-order valence-corrected chi connectivity index (χ4v) is 4.81. The summed E-state index contributed by atoms with van der Waals surface area (Å²) in [5.41, 5.74) is 3.82. The number of hydrogen-bond donors (Lipinski definition) is 1. The summed E-state index contributed by atoms with van der Waals surface area (Å²) in [6.07, 6.45) is 7.00. The van der Waals surface area contributed by atoms with Crippen LogP contribution in [-0.4, -0.2) is 37.0 Å². The molecule has 2 aliphatic rings. The van der Waals surface area contributed by atoms with Crippen LogP contribution in [0.25, 0.3) is 16.8 Å². The first-order valence-electron chi connectivity index (χ1n) is 10.5. The number of fused-ring (bicyclic) bond motifs is 3. The molecule has 1 saturated heterocycles. The maximum Gasteiger partial charge on any atom is 0.251 e. The molecule has 1 N–H and O–H groups in total. The average Bonchev–Trinajstić information content (AvgIpc) is 3.13. The van der Waals surface area contributed by atoms with Gasteiger partial charge in [0.25, 0.3) is 5.91 Å². The second-order valence-corrected chi connectivity index (χ2v) is 8.24. The third-order valence-corrected chi connectivity index (χ3v) is 6.55. The molecule has 0 radical (unpaired) electrons. The number of piperidine rings is 1. The minimum absolute atomic E-state index is 0.0110. The monoisotopic (exact) mass is 382 g/mol. The zero-order valence-corrected chi connectivity index (χ0v) is 16.6. The van der Waals surface area contributed by atoms with E-state index in [2.05, 4.69) is 52.7 Å². The van der Waals surface area contributed by atoms with Crippen molar-refractivity contribution in [3.8, 4) is 0 Å². The van der Waals surface area contributed by atoms with Crippen molar-refractivity contribution in [2.45, 2.75) is 18.3 Å². The van der Waals surface area contributed by atoms with Crippen molar-refractivity contribution in [2.75, 3.05) is 26.2 Å². The number of amides is 1. The van der Waals surface area contributed by atoms with E-state index in [1.165, 1.54) is 11.1 Å². The van der Waals surface area contributed by atoms with E-state index >= 15 is 0 Å². The van der Waals surface area contributed by atoms with Gasteiger partial charge in [0.1, 0.15) is 0 Å². The Balaban J connectivity index is 1.14. The molecule has 0 unspecified atom stereocenters. The normalized spacial score (nSPS) is 17.5. The summed E-state index contributed by atoms with van der Waals surface area (Å²) in [4.78, 5) is 15.0. The minimum atomic E-state index is 0.0110. The van der Waals surface area contributed by atoms with Crippen LogP contribution in [-0.2, 0) is 5.41 Å². The highest BCUT2D eigenvalue weighted by molar-refractivity contribution is 5.98. The van der Waals surface area contributed by atoms with Gasteiger partial charge in [0, 0.05) is 24.1 Å². The molecule has 1 amide bonds. The van der Waals surface area contributed by atoms with E-state index in [-0.39, 0.29) is 11.3 Å². The van der Waals surface area contributed by atoms with Gasteiger partial charge in [-0.15, -0.1) is 0 Å². The van der Waals surface area contributed by atoms with E-state index in [4.69, 9.17) is 0 Å². The summed E-state index contributed by atoms with van der Waals surface area (Å²) in [6.45, 7) is 3.74. The Labute approximate surface area is 172 Å². The molecule has 1 aliphatic carbocycles. The molecule has 0 aromatic heterocycles. The van der Waals surface area contributed by atoms with Crippen LogP contribution in [0.5, 0.6) is 0 Å². The van der Waals surface area contributed by atoms with Gasteiger partial charge in [0.2, 0.25) is 0 Å². The van der Waals surface area contributed by atoms with Gasteiger partial charge in [0.05, 0.1) is 0 Å². The average molecular weight is 383 g/mol. The Hall–Kier alpha value is -2.91. The summed E-state index contributed by atoms with van der Waals surface area (Å²) < 4.78 is 0. The number of carbonyl (C=O) groups is 1. The van der Waals surface area contributed by atoms with E-state index in [1.807, 2.05) is 36.4 Å². The first kappa shape index (κ1) is 18.1. The standard InChI is InChI=1S/C26H26N2O/c29-25(23-10-9-20-5-1-2-7-22(20)19-23)27-15-18-28-16-13-26(14-17-28)12-11-21-6-3-4-8-24(21)26/h1-12,19H,13-18H2,(H,27,29). The van der Waals surface area contributed by atoms with E-state index in [0.717, 1.165) is 48.8 Å². The van der Waals surface area contributed by atoms with Crippen LogP contribution in [0.1, 0.15) is 34.3 Å². The molecule has 1 heterocycles. The second-order valence-electron chi connectivity index (χ2n) is 8.24. The molecular formula is C26H26N2O. The predicted octanol–water partition coefficient (Wildman–Crippen LogP) is 4.63. The number of nitrogens with one attached hydrogen (secondary N) is 1. The minimum Gasteiger partial charge on any atom is -0.351 e. The quantitative estimate of drug-likeness (QED) is 0.713. The predicted molar refractivity (Wildman–Crippen MR) is 119 cm³/mol. The Morgan fingerprint density at radius 2 is 1.69 bits per heavy atom. The number of likely N-dealkylation sites (tertiary alicyclic amines) is 1. The Morgan fingerprint density at radius 3 is 2.55 bits per heavy atom. The lowest BCUT2D eigenvalue weighted by molar-refractivity contribution is 0.0944. The summed E-state index contributed by atoms with van der Waals surface area (Å²) >= 11 is 0. The summed E-state index contributed by atoms with van der Waals surface area (Å²) in [5, 5.41) is 5.36. The van der Waals surface area contributed by atoms with Gasteiger partial charge in [-0.2, -0.15) is 0 Å². The Morgan fingerprint density at radius 1 is 0.931 bits per heavy atom. The molecule has 0 saturated carbocycles. The van der Waals surface area contributed by atoms with E-state index in [9.17, 15) is 4.79 Å². The lowest BCUT2D eigenvalue weighted by atomic mass is 9.74. The van der Waals surface area contributed by atoms with Crippen molar-refractivity contribution in [1.82, 2.24) is 10.2 Å². The SMILES string of the molecule is O=C(NCCN1CCC2(C=Cc3ccccc32)CC1)c1ccc2ccccc2c1. The number of benzene rings is 3. The van der Waals surface area contributed by atoms with Crippen molar-refractivity contribution in [3.05, 3.63) is 89.5 Å². The Kier molecular flexibility index (Phi) is 4.69. The summed E-state index contributed by atoms with van der Waals surface area (Å²) in [6, 6.07) is 22.8. The molecule has 1 fully saturated rings. The molecule has 0 atom stereocenters. The highest BCUT2D eigenvalue weighted by Gasteiger charge is 2.37. The maximum atomic E-state index is 12.5. The van der Waals surface area contributed by atoms with Gasteiger partial charge in [-0.1, -0.05) is 66.7 Å². The molecule has 3 aromatic carbocycles. The molecule has 1 spiro atoms. The van der Waals surface area contributed by atoms with Crippen LogP contribution < -0.4 is 5.32 Å². The molecule has 0 bridgehead atoms. The van der Waals surface area contributed by atoms with Crippen LogP contribution in [0.15, 0.2) is 72.8 Å². The fraction of sp³-hybridized carbons (Fsp3) is 0.269. The molecule has 3 nitrogen and oxygen atoms in total. The van der Waals surface area contributed by atoms with Crippen molar-refractivity contribution >= 4 is 22.8 Å². The van der Waals surface area contributed by atoms with E-state index in [1.54, 1.807) is 0 Å². The van der Waals surface area contributed by atoms with Crippen LogP contribution in [0.2, 0.25) is 0 Å². The van der Waals surface area contributed by atoms with Gasteiger partial charge in [-0.05, 0) is 60.0 Å². The van der Waals surface area contributed by atoms with Gasteiger partial charge in [-0.3, -0.25) is 4.79 Å². The van der Waals surface area contributed by atoms with Crippen molar-refractivity contribution in [1.29, 1.82) is 0 Å². The summed E-state index contributed by atoms with van der Waals surface area (Å²) in [5.74, 6) is 0.0110. The largest absolute Gasteiger partial charge is 0.351 e. The molecule has 146 valence electrons. The highest BCUT2D eigenvalue weighted by Crippen LogP contribution is 2.43. The van der Waals surface area contributed by atoms with Gasteiger partial charge in [0.15, 0.2) is 0 Å². The van der Waals surface area contributed by atoms with Crippen molar-refractivity contribution in [2.24, 2.45) is 0 Å². The topological polar surface area (TPSA) is 32.3 Å². The van der Waals surface area contributed by atoms with Crippen LogP contribution in [0.3, 0.4) is 0 Å². The highest BCUT2D eigenvalue weighted by atomic mass is 16.1. The van der Waals surface area contributed by atoms with Crippen LogP contribution in [0, 0.1) is 0 Å². The first-order valence-corrected chi connectivity index (χ1v) is 10.5. The number of allylic oxidation sites excluding steroid dienone is 1. The lowest BCUT2D eigenvalue weighted by Gasteiger charge is -2.39. The van der Waals surface area contributed by atoms with Crippen LogP contribution in [0.4, 0.5) is 0 Å². The number of hydrogen-bond acceptors (Lipinski definition) is 2. The van der Waals surface area contributed by atoms with Gasteiger partial charge >= 0.3 is 0 Å². The third kappa shape index (κ3) is 3.47. The molecule has 1 aliphatic heterocycles. The third-order valence-electron chi connectivity index (χ3n) is 6.55. The molecular weight excluding hydrogens is 356 g/mol. The number of carbonyl (C=O) groups excluding carboxylic acids is 1. The number of rotatable bonds is 4. The molecule has 29 heavy (non-hydrogen) atoms. The summed E-state index contributed by atoms with van der Waals surface area (Å²) in [7, 11) is 0. The zero-order chi connectivity index (χ0) is 19.7. The zero-order valence-electron chi connectivity index (χ0n) is 16.6. The lowest BCUT2D eigenvalue weighted by Crippen LogP contribution is -2.44. The molecule has 3 aromatic rings. The van der Waals surface area contributed by atoms with E-state index in [0.29, 0.717) is 6.54 Å².